The quantitative estimate of drug-likeness (QED) is 0.600. The number of benzene rings is 2. The number of methoxy groups -OCH3 is 1. The zero-order valence-electron chi connectivity index (χ0n) is 13.3. The molecule has 0 aliphatic carbocycles. The Labute approximate surface area is 150 Å². The molecule has 2 aromatic carbocycles. The van der Waals surface area contributed by atoms with Crippen LogP contribution < -0.4 is 5.32 Å². The maximum atomic E-state index is 12.0. The van der Waals surface area contributed by atoms with Crippen molar-refractivity contribution in [3.05, 3.63) is 70.2 Å². The highest BCUT2D eigenvalue weighted by Crippen LogP contribution is 2.15. The summed E-state index contributed by atoms with van der Waals surface area (Å²) in [5.74, 6) is 1.12. The number of carbonyl (C=O) groups excluding carboxylic acids is 2. The number of esters is 1. The monoisotopic (exact) mass is 363 g/mol. The van der Waals surface area contributed by atoms with Crippen molar-refractivity contribution in [2.75, 3.05) is 19.4 Å². The Balaban J connectivity index is 1.71. The van der Waals surface area contributed by atoms with E-state index in [0.717, 1.165) is 16.5 Å². The van der Waals surface area contributed by atoms with E-state index in [1.807, 2.05) is 24.3 Å². The maximum Gasteiger partial charge on any atom is 0.337 e. The van der Waals surface area contributed by atoms with Crippen LogP contribution >= 0.6 is 23.4 Å². The van der Waals surface area contributed by atoms with Crippen LogP contribution in [0.25, 0.3) is 0 Å². The lowest BCUT2D eigenvalue weighted by Crippen LogP contribution is -2.25. The predicted octanol–water partition coefficient (Wildman–Crippen LogP) is 3.79. The Morgan fingerprint density at radius 1 is 1.04 bits per heavy atom. The Morgan fingerprint density at radius 2 is 1.67 bits per heavy atom. The van der Waals surface area contributed by atoms with E-state index in [4.69, 9.17) is 11.6 Å². The first-order valence-electron chi connectivity index (χ1n) is 7.39. The molecule has 1 amide bonds. The molecule has 0 saturated carbocycles. The van der Waals surface area contributed by atoms with Crippen LogP contribution in [0.15, 0.2) is 48.5 Å². The van der Waals surface area contributed by atoms with Gasteiger partial charge in [-0.25, -0.2) is 4.79 Å². The second-order valence-corrected chi connectivity index (χ2v) is 6.55. The van der Waals surface area contributed by atoms with Crippen molar-refractivity contribution in [1.29, 1.82) is 0 Å². The number of carbonyl (C=O) groups is 2. The number of amides is 1. The van der Waals surface area contributed by atoms with Crippen LogP contribution in [-0.2, 0) is 10.5 Å². The summed E-state index contributed by atoms with van der Waals surface area (Å²) in [5, 5.41) is 3.59. The molecule has 126 valence electrons. The topological polar surface area (TPSA) is 55.4 Å². The van der Waals surface area contributed by atoms with E-state index in [-0.39, 0.29) is 5.91 Å². The normalized spacial score (nSPS) is 10.2. The SMILES string of the molecule is COC(=O)c1ccc(C(=O)NCCSCc2ccc(Cl)cc2)cc1. The second kappa shape index (κ2) is 9.35. The molecule has 0 aliphatic heterocycles. The van der Waals surface area contributed by atoms with Gasteiger partial charge in [0.25, 0.3) is 5.91 Å². The zero-order valence-corrected chi connectivity index (χ0v) is 14.8. The van der Waals surface area contributed by atoms with Crippen molar-refractivity contribution in [2.45, 2.75) is 5.75 Å². The summed E-state index contributed by atoms with van der Waals surface area (Å²) in [6.45, 7) is 0.579. The summed E-state index contributed by atoms with van der Waals surface area (Å²) in [4.78, 5) is 23.4. The first-order valence-corrected chi connectivity index (χ1v) is 8.92. The smallest absolute Gasteiger partial charge is 0.337 e. The third kappa shape index (κ3) is 5.58. The molecule has 0 heterocycles. The molecule has 0 aromatic heterocycles. The minimum Gasteiger partial charge on any atom is -0.465 e. The van der Waals surface area contributed by atoms with E-state index < -0.39 is 5.97 Å². The van der Waals surface area contributed by atoms with Gasteiger partial charge in [0.15, 0.2) is 0 Å². The predicted molar refractivity (Wildman–Crippen MR) is 97.7 cm³/mol. The third-order valence-corrected chi connectivity index (χ3v) is 4.56. The molecule has 0 bridgehead atoms. The van der Waals surface area contributed by atoms with Gasteiger partial charge in [-0.05, 0) is 42.0 Å². The van der Waals surface area contributed by atoms with Crippen molar-refractivity contribution in [3.63, 3.8) is 0 Å². The standard InChI is InChI=1S/C18H18ClNO3S/c1-23-18(22)15-6-4-14(5-7-15)17(21)20-10-11-24-12-13-2-8-16(19)9-3-13/h2-9H,10-12H2,1H3,(H,20,21). The summed E-state index contributed by atoms with van der Waals surface area (Å²) in [5.41, 5.74) is 2.15. The van der Waals surface area contributed by atoms with Gasteiger partial charge >= 0.3 is 5.97 Å². The Kier molecular flexibility index (Phi) is 7.15. The van der Waals surface area contributed by atoms with Crippen LogP contribution in [0, 0.1) is 0 Å². The number of rotatable bonds is 7. The van der Waals surface area contributed by atoms with Crippen LogP contribution in [0.4, 0.5) is 0 Å². The fourth-order valence-corrected chi connectivity index (χ4v) is 2.93. The average Bonchev–Trinajstić information content (AvgIpc) is 2.62. The number of thioether (sulfide) groups is 1. The molecule has 6 heteroatoms. The van der Waals surface area contributed by atoms with Gasteiger partial charge in [-0.1, -0.05) is 23.7 Å². The molecule has 24 heavy (non-hydrogen) atoms. The molecular formula is C18H18ClNO3S. The van der Waals surface area contributed by atoms with Gasteiger partial charge in [-0.3, -0.25) is 4.79 Å². The van der Waals surface area contributed by atoms with Crippen molar-refractivity contribution in [3.8, 4) is 0 Å². The molecule has 0 fully saturated rings. The van der Waals surface area contributed by atoms with Crippen LogP contribution in [-0.4, -0.2) is 31.3 Å². The number of ether oxygens (including phenoxy) is 1. The van der Waals surface area contributed by atoms with Gasteiger partial charge < -0.3 is 10.1 Å². The summed E-state index contributed by atoms with van der Waals surface area (Å²) in [7, 11) is 1.32. The Hall–Kier alpha value is -1.98. The lowest BCUT2D eigenvalue weighted by atomic mass is 10.1. The molecule has 0 saturated heterocycles. The molecular weight excluding hydrogens is 346 g/mol. The van der Waals surface area contributed by atoms with Gasteiger partial charge in [0, 0.05) is 28.6 Å². The van der Waals surface area contributed by atoms with Crippen molar-refractivity contribution < 1.29 is 14.3 Å². The fraction of sp³-hybridized carbons (Fsp3) is 0.222. The van der Waals surface area contributed by atoms with Crippen LogP contribution in [0.3, 0.4) is 0 Å². The van der Waals surface area contributed by atoms with Crippen molar-refractivity contribution in [1.82, 2.24) is 5.32 Å². The van der Waals surface area contributed by atoms with E-state index in [1.54, 1.807) is 36.0 Å². The summed E-state index contributed by atoms with van der Waals surface area (Å²) in [6.07, 6.45) is 0. The van der Waals surface area contributed by atoms with E-state index in [9.17, 15) is 9.59 Å². The summed E-state index contributed by atoms with van der Waals surface area (Å²) >= 11 is 7.58. The summed E-state index contributed by atoms with van der Waals surface area (Å²) < 4.78 is 4.62. The van der Waals surface area contributed by atoms with Gasteiger partial charge in [0.2, 0.25) is 0 Å². The highest BCUT2D eigenvalue weighted by molar-refractivity contribution is 7.98. The Bertz CT molecular complexity index is 686. The fourth-order valence-electron chi connectivity index (χ4n) is 1.98. The first-order chi connectivity index (χ1) is 11.6. The average molecular weight is 364 g/mol. The third-order valence-electron chi connectivity index (χ3n) is 3.28. The van der Waals surface area contributed by atoms with Crippen LogP contribution in [0.2, 0.25) is 5.02 Å². The van der Waals surface area contributed by atoms with Gasteiger partial charge in [-0.15, -0.1) is 0 Å². The highest BCUT2D eigenvalue weighted by Gasteiger charge is 2.08. The van der Waals surface area contributed by atoms with Gasteiger partial charge in [-0.2, -0.15) is 11.8 Å². The van der Waals surface area contributed by atoms with Gasteiger partial charge in [0.05, 0.1) is 12.7 Å². The number of hydrogen-bond donors (Lipinski definition) is 1. The molecule has 0 spiro atoms. The largest absolute Gasteiger partial charge is 0.465 e. The number of nitrogens with one attached hydrogen (secondary N) is 1. The van der Waals surface area contributed by atoms with Crippen molar-refractivity contribution in [2.24, 2.45) is 0 Å². The number of halogens is 1. The second-order valence-electron chi connectivity index (χ2n) is 5.00. The molecule has 0 unspecified atom stereocenters. The molecule has 0 atom stereocenters. The lowest BCUT2D eigenvalue weighted by Gasteiger charge is -2.06. The maximum absolute atomic E-state index is 12.0. The molecule has 2 rings (SSSR count). The molecule has 4 nitrogen and oxygen atoms in total. The van der Waals surface area contributed by atoms with Crippen LogP contribution in [0.5, 0.6) is 0 Å². The van der Waals surface area contributed by atoms with Crippen LogP contribution in [0.1, 0.15) is 26.3 Å². The zero-order chi connectivity index (χ0) is 17.4. The van der Waals surface area contributed by atoms with E-state index in [0.29, 0.717) is 17.7 Å². The van der Waals surface area contributed by atoms with Crippen molar-refractivity contribution >= 4 is 35.2 Å². The molecule has 0 aliphatic rings. The minimum atomic E-state index is -0.416. The van der Waals surface area contributed by atoms with Gasteiger partial charge in [0.1, 0.15) is 0 Å². The number of hydrogen-bond acceptors (Lipinski definition) is 4. The minimum absolute atomic E-state index is 0.154. The van der Waals surface area contributed by atoms with E-state index in [2.05, 4.69) is 10.1 Å². The molecule has 0 radical (unpaired) electrons. The molecule has 1 N–H and O–H groups in total. The van der Waals surface area contributed by atoms with E-state index >= 15 is 0 Å². The first kappa shape index (κ1) is 18.4. The molecule has 2 aromatic rings. The lowest BCUT2D eigenvalue weighted by molar-refractivity contribution is 0.0600. The van der Waals surface area contributed by atoms with E-state index in [1.165, 1.54) is 12.7 Å². The Morgan fingerprint density at radius 3 is 2.29 bits per heavy atom. The summed E-state index contributed by atoms with van der Waals surface area (Å²) in [6, 6.07) is 14.1. The highest BCUT2D eigenvalue weighted by atomic mass is 35.5.